The van der Waals surface area contributed by atoms with Crippen LogP contribution in [0.5, 0.6) is 0 Å². The Morgan fingerprint density at radius 1 is 0.610 bits per heavy atom. The van der Waals surface area contributed by atoms with Gasteiger partial charge in [-0.05, 0) is 30.2 Å². The van der Waals surface area contributed by atoms with Gasteiger partial charge in [0.2, 0.25) is 5.90 Å². The highest BCUT2D eigenvalue weighted by atomic mass is 31.1. The summed E-state index contributed by atoms with van der Waals surface area (Å²) in [5.74, 6) is 0.681. The summed E-state index contributed by atoms with van der Waals surface area (Å²) in [5.41, 5.74) is 2.74. The zero-order valence-corrected chi connectivity index (χ0v) is 24.1. The van der Waals surface area contributed by atoms with Crippen molar-refractivity contribution in [2.75, 3.05) is 0 Å². The van der Waals surface area contributed by atoms with E-state index in [9.17, 15) is 0 Å². The third-order valence-electron chi connectivity index (χ3n) is 7.51. The molecule has 5 aromatic carbocycles. The summed E-state index contributed by atoms with van der Waals surface area (Å²) >= 11 is 0. The predicted molar refractivity (Wildman–Crippen MR) is 170 cm³/mol. The maximum absolute atomic E-state index is 7.63. The minimum absolute atomic E-state index is 0.166. The Kier molecular flexibility index (Phi) is 8.37. The van der Waals surface area contributed by atoms with Crippen molar-refractivity contribution < 1.29 is 9.26 Å². The fraction of sp³-hybridized carbons (Fsp3) is 0.162. The maximum Gasteiger partial charge on any atom is 0.216 e. The van der Waals surface area contributed by atoms with Crippen molar-refractivity contribution in [2.24, 2.45) is 4.99 Å². The molecule has 0 aromatic heterocycles. The van der Waals surface area contributed by atoms with Gasteiger partial charge in [0.15, 0.2) is 0 Å². The summed E-state index contributed by atoms with van der Waals surface area (Å²) in [5, 5.41) is 2.36. The van der Waals surface area contributed by atoms with Gasteiger partial charge in [-0.15, -0.1) is 0 Å². The van der Waals surface area contributed by atoms with E-state index in [4.69, 9.17) is 14.3 Å². The molecule has 0 saturated carbocycles. The highest BCUT2D eigenvalue weighted by Gasteiger charge is 2.49. The number of hydrogen-bond donors (Lipinski definition) is 0. The lowest BCUT2D eigenvalue weighted by Gasteiger charge is -2.41. The van der Waals surface area contributed by atoms with Gasteiger partial charge in [0, 0.05) is 29.0 Å². The monoisotopic (exact) mass is 555 g/mol. The van der Waals surface area contributed by atoms with E-state index >= 15 is 0 Å². The molecule has 6 rings (SSSR count). The molecule has 0 unspecified atom stereocenters. The largest absolute Gasteiger partial charge is 0.472 e. The van der Waals surface area contributed by atoms with Crippen LogP contribution in [0.1, 0.15) is 23.6 Å². The molecule has 5 aromatic rings. The minimum Gasteiger partial charge on any atom is -0.472 e. The molecule has 0 aliphatic carbocycles. The minimum atomic E-state index is -1.16. The van der Waals surface area contributed by atoms with Gasteiger partial charge in [-0.3, -0.25) is 0 Å². The first-order valence-electron chi connectivity index (χ1n) is 14.2. The van der Waals surface area contributed by atoms with Crippen LogP contribution < -0.4 is 10.6 Å². The highest BCUT2D eigenvalue weighted by molar-refractivity contribution is 7.68. The Bertz CT molecular complexity index is 1460. The smallest absolute Gasteiger partial charge is 0.216 e. The van der Waals surface area contributed by atoms with Crippen LogP contribution in [0, 0.1) is 0 Å². The SMILES string of the molecule is C[C@H]1OC(c2ccccc2)=N[C@H]1C(Cc1ccccc1)(Cc1ccccc1)OP(c1ccccc1)c1ccccc1. The summed E-state index contributed by atoms with van der Waals surface area (Å²) in [7, 11) is -1.16. The normalized spacial score (nSPS) is 16.8. The molecule has 0 spiro atoms. The molecule has 1 aliphatic heterocycles. The Labute approximate surface area is 244 Å². The number of aliphatic imine (C=N–C) groups is 1. The average molecular weight is 556 g/mol. The third kappa shape index (κ3) is 6.33. The number of ether oxygens (including phenoxy) is 1. The molecule has 0 saturated heterocycles. The standard InChI is InChI=1S/C37H34NO2P/c1-29-35(38-36(39-29)32-21-11-4-12-22-32)37(27-30-17-7-2-8-18-30,28-31-19-9-3-10-20-31)40-41(33-23-13-5-14-24-33)34-25-15-6-16-26-34/h2-26,29,35H,27-28H2,1H3/t29-,35-/m1/s1. The van der Waals surface area contributed by atoms with E-state index in [1.165, 1.54) is 21.7 Å². The Morgan fingerprint density at radius 3 is 1.49 bits per heavy atom. The van der Waals surface area contributed by atoms with Crippen LogP contribution in [0.25, 0.3) is 0 Å². The molecule has 4 heteroatoms. The van der Waals surface area contributed by atoms with Crippen LogP contribution in [0.15, 0.2) is 157 Å². The van der Waals surface area contributed by atoms with E-state index < -0.39 is 13.7 Å². The molecule has 0 amide bonds. The molecule has 0 fully saturated rings. The topological polar surface area (TPSA) is 30.8 Å². The fourth-order valence-corrected chi connectivity index (χ4v) is 7.60. The van der Waals surface area contributed by atoms with Gasteiger partial charge in [-0.25, -0.2) is 4.99 Å². The van der Waals surface area contributed by atoms with Gasteiger partial charge in [-0.1, -0.05) is 140 Å². The second-order valence-electron chi connectivity index (χ2n) is 10.5. The van der Waals surface area contributed by atoms with Crippen LogP contribution in [0.2, 0.25) is 0 Å². The van der Waals surface area contributed by atoms with E-state index in [0.717, 1.165) is 5.56 Å². The van der Waals surface area contributed by atoms with Gasteiger partial charge >= 0.3 is 0 Å². The van der Waals surface area contributed by atoms with Crippen LogP contribution in [0.3, 0.4) is 0 Å². The summed E-state index contributed by atoms with van der Waals surface area (Å²) < 4.78 is 14.1. The van der Waals surface area contributed by atoms with Crippen molar-refractivity contribution in [3.8, 4) is 0 Å². The number of nitrogens with zero attached hydrogens (tertiary/aromatic N) is 1. The zero-order valence-electron chi connectivity index (χ0n) is 23.2. The van der Waals surface area contributed by atoms with Crippen molar-refractivity contribution in [1.29, 1.82) is 0 Å². The van der Waals surface area contributed by atoms with Crippen LogP contribution in [-0.2, 0) is 22.1 Å². The van der Waals surface area contributed by atoms with Gasteiger partial charge < -0.3 is 9.26 Å². The molecular formula is C37H34NO2P. The van der Waals surface area contributed by atoms with E-state index in [1.54, 1.807) is 0 Å². The second-order valence-corrected chi connectivity index (χ2v) is 12.3. The zero-order chi connectivity index (χ0) is 27.9. The maximum atomic E-state index is 7.63. The van der Waals surface area contributed by atoms with Crippen LogP contribution in [0.4, 0.5) is 0 Å². The molecule has 2 atom stereocenters. The van der Waals surface area contributed by atoms with E-state index in [-0.39, 0.29) is 12.1 Å². The lowest BCUT2D eigenvalue weighted by molar-refractivity contribution is 0.0249. The molecule has 1 heterocycles. The first kappa shape index (κ1) is 27.1. The van der Waals surface area contributed by atoms with Crippen molar-refractivity contribution in [1.82, 2.24) is 0 Å². The van der Waals surface area contributed by atoms with Gasteiger partial charge in [0.05, 0.1) is 8.15 Å². The lowest BCUT2D eigenvalue weighted by Crippen LogP contribution is -2.51. The Morgan fingerprint density at radius 2 is 1.02 bits per heavy atom. The first-order valence-corrected chi connectivity index (χ1v) is 15.4. The average Bonchev–Trinajstić information content (AvgIpc) is 3.44. The Hall–Kier alpha value is -4.04. The predicted octanol–water partition coefficient (Wildman–Crippen LogP) is 7.51. The highest BCUT2D eigenvalue weighted by Crippen LogP contribution is 2.46. The Balaban J connectivity index is 1.52. The number of hydrogen-bond acceptors (Lipinski definition) is 3. The third-order valence-corrected chi connectivity index (χ3v) is 9.59. The van der Waals surface area contributed by atoms with Gasteiger partial charge in [0.1, 0.15) is 17.7 Å². The fourth-order valence-electron chi connectivity index (χ4n) is 5.61. The summed E-state index contributed by atoms with van der Waals surface area (Å²) in [6.07, 6.45) is 1.23. The molecule has 41 heavy (non-hydrogen) atoms. The lowest BCUT2D eigenvalue weighted by atomic mass is 9.80. The number of rotatable bonds is 10. The molecule has 0 radical (unpaired) electrons. The van der Waals surface area contributed by atoms with Crippen LogP contribution in [-0.4, -0.2) is 23.6 Å². The van der Waals surface area contributed by atoms with Gasteiger partial charge in [-0.2, -0.15) is 0 Å². The van der Waals surface area contributed by atoms with Crippen molar-refractivity contribution in [2.45, 2.75) is 37.5 Å². The van der Waals surface area contributed by atoms with E-state index in [1.807, 2.05) is 18.2 Å². The molecule has 204 valence electrons. The first-order chi connectivity index (χ1) is 20.2. The summed E-state index contributed by atoms with van der Waals surface area (Å²) in [4.78, 5) is 5.32. The second kappa shape index (κ2) is 12.6. The molecular weight excluding hydrogens is 521 g/mol. The van der Waals surface area contributed by atoms with E-state index in [2.05, 4.69) is 140 Å². The van der Waals surface area contributed by atoms with Crippen molar-refractivity contribution >= 4 is 24.7 Å². The molecule has 0 bridgehead atoms. The number of benzene rings is 5. The molecule has 0 N–H and O–H groups in total. The molecule has 1 aliphatic rings. The summed E-state index contributed by atoms with van der Waals surface area (Å²) in [6.45, 7) is 2.13. The molecule has 3 nitrogen and oxygen atoms in total. The van der Waals surface area contributed by atoms with Crippen LogP contribution >= 0.6 is 8.15 Å². The summed E-state index contributed by atoms with van der Waals surface area (Å²) in [6, 6.07) is 52.5. The van der Waals surface area contributed by atoms with Crippen molar-refractivity contribution in [3.05, 3.63) is 168 Å². The van der Waals surface area contributed by atoms with Gasteiger partial charge in [0.25, 0.3) is 0 Å². The quantitative estimate of drug-likeness (QED) is 0.167. The van der Waals surface area contributed by atoms with E-state index in [0.29, 0.717) is 18.7 Å². The van der Waals surface area contributed by atoms with Crippen molar-refractivity contribution in [3.63, 3.8) is 0 Å².